The third-order valence-corrected chi connectivity index (χ3v) is 5.56. The maximum Gasteiger partial charge on any atom is 0.251 e. The number of nitrogens with zero attached hydrogens (tertiary/aromatic N) is 2. The smallest absolute Gasteiger partial charge is 0.251 e. The molecule has 0 radical (unpaired) electrons. The summed E-state index contributed by atoms with van der Waals surface area (Å²) in [6, 6.07) is 5.87. The molecule has 0 bridgehead atoms. The van der Waals surface area contributed by atoms with Gasteiger partial charge in [-0.15, -0.1) is 0 Å². The molecule has 1 aromatic heterocycles. The van der Waals surface area contributed by atoms with Gasteiger partial charge in [-0.25, -0.2) is 4.39 Å². The maximum atomic E-state index is 14.0. The average molecular weight is 387 g/mol. The van der Waals surface area contributed by atoms with Crippen molar-refractivity contribution in [3.8, 4) is 0 Å². The topological polar surface area (TPSA) is 76.4 Å². The first-order valence-corrected chi connectivity index (χ1v) is 9.91. The highest BCUT2D eigenvalue weighted by atomic mass is 19.1. The lowest BCUT2D eigenvalue weighted by molar-refractivity contribution is 0.0871. The summed E-state index contributed by atoms with van der Waals surface area (Å²) < 4.78 is 21.4. The summed E-state index contributed by atoms with van der Waals surface area (Å²) >= 11 is 0. The number of ether oxygens (including phenoxy) is 1. The molecule has 2 fully saturated rings. The Hall–Kier alpha value is -2.25. The maximum absolute atomic E-state index is 14.0. The van der Waals surface area contributed by atoms with E-state index in [-0.39, 0.29) is 30.3 Å². The fraction of sp³-hybridized carbons (Fsp3) is 0.524. The van der Waals surface area contributed by atoms with Gasteiger partial charge in [0, 0.05) is 36.7 Å². The zero-order chi connectivity index (χ0) is 19.5. The Kier molecular flexibility index (Phi) is 5.73. The van der Waals surface area contributed by atoms with Crippen molar-refractivity contribution < 1.29 is 19.0 Å². The van der Waals surface area contributed by atoms with Crippen molar-refractivity contribution in [1.29, 1.82) is 0 Å². The number of carbonyl (C=O) groups excluding carboxylic acids is 1. The fourth-order valence-corrected chi connectivity index (χ4v) is 3.79. The van der Waals surface area contributed by atoms with Gasteiger partial charge in [-0.05, 0) is 61.8 Å². The molecule has 2 saturated carbocycles. The summed E-state index contributed by atoms with van der Waals surface area (Å²) in [5.41, 5.74) is 0.769. The second-order valence-corrected chi connectivity index (χ2v) is 7.98. The predicted octanol–water partition coefficient (Wildman–Crippen LogP) is 2.52. The van der Waals surface area contributed by atoms with Gasteiger partial charge in [0.05, 0.1) is 18.8 Å². The van der Waals surface area contributed by atoms with Crippen LogP contribution in [0.5, 0.6) is 0 Å². The average Bonchev–Trinajstić information content (AvgIpc) is 3.24. The zero-order valence-corrected chi connectivity index (χ0v) is 15.8. The molecule has 2 aromatic rings. The van der Waals surface area contributed by atoms with Crippen LogP contribution in [-0.4, -0.2) is 39.5 Å². The Bertz CT molecular complexity index is 807. The third-order valence-electron chi connectivity index (χ3n) is 5.56. The van der Waals surface area contributed by atoms with Crippen LogP contribution in [-0.2, 0) is 17.9 Å². The van der Waals surface area contributed by atoms with Crippen molar-refractivity contribution >= 4 is 5.91 Å². The van der Waals surface area contributed by atoms with Crippen LogP contribution in [0.25, 0.3) is 0 Å². The highest BCUT2D eigenvalue weighted by Crippen LogP contribution is 2.29. The van der Waals surface area contributed by atoms with Crippen LogP contribution in [0.4, 0.5) is 4.39 Å². The summed E-state index contributed by atoms with van der Waals surface area (Å²) in [6.45, 7) is 1.53. The molecule has 0 saturated heterocycles. The van der Waals surface area contributed by atoms with Gasteiger partial charge in [-0.3, -0.25) is 9.48 Å². The first kappa shape index (κ1) is 19.1. The second-order valence-electron chi connectivity index (χ2n) is 7.98. The summed E-state index contributed by atoms with van der Waals surface area (Å²) in [7, 11) is 0. The number of carbonyl (C=O) groups is 1. The largest absolute Gasteiger partial charge is 0.391 e. The van der Waals surface area contributed by atoms with Crippen LogP contribution in [0.1, 0.15) is 41.6 Å². The van der Waals surface area contributed by atoms with E-state index in [2.05, 4.69) is 10.4 Å². The molecule has 28 heavy (non-hydrogen) atoms. The van der Waals surface area contributed by atoms with E-state index >= 15 is 0 Å². The van der Waals surface area contributed by atoms with Crippen molar-refractivity contribution in [2.75, 3.05) is 6.61 Å². The van der Waals surface area contributed by atoms with Gasteiger partial charge < -0.3 is 15.2 Å². The molecule has 0 spiro atoms. The molecule has 150 valence electrons. The molecule has 2 aliphatic rings. The fourth-order valence-electron chi connectivity index (χ4n) is 3.79. The summed E-state index contributed by atoms with van der Waals surface area (Å²) in [6.07, 6.45) is 6.69. The lowest BCUT2D eigenvalue weighted by Gasteiger charge is -2.17. The van der Waals surface area contributed by atoms with Gasteiger partial charge >= 0.3 is 0 Å². The van der Waals surface area contributed by atoms with Crippen LogP contribution in [0.3, 0.4) is 0 Å². The standard InChI is InChI=1S/C21H26FN3O3/c22-18-5-4-16(10-17(18)13-28-12-14-2-3-14)21(27)24-19-8-15(9-20(19)26)11-25-7-1-6-23-25/h1,4-7,10,14-15,19-20,26H,2-3,8-9,11-13H2,(H,24,27)/t15?,19-,20-/m1/s1. The van der Waals surface area contributed by atoms with Crippen molar-refractivity contribution in [2.45, 2.75) is 51.0 Å². The normalized spacial score (nSPS) is 24.4. The van der Waals surface area contributed by atoms with Gasteiger partial charge in [0.2, 0.25) is 0 Å². The van der Waals surface area contributed by atoms with E-state index in [0.717, 1.165) is 6.54 Å². The molecule has 4 rings (SSSR count). The SMILES string of the molecule is O=C(N[C@@H]1CC(Cn2cccn2)C[C@H]1O)c1ccc(F)c(COCC2CC2)c1. The summed E-state index contributed by atoms with van der Waals surface area (Å²) in [4.78, 5) is 12.6. The Morgan fingerprint density at radius 1 is 1.32 bits per heavy atom. The van der Waals surface area contributed by atoms with Crippen molar-refractivity contribution in [3.63, 3.8) is 0 Å². The first-order valence-electron chi connectivity index (χ1n) is 9.91. The third kappa shape index (κ3) is 4.77. The minimum Gasteiger partial charge on any atom is -0.391 e. The number of amides is 1. The highest BCUT2D eigenvalue weighted by molar-refractivity contribution is 5.94. The predicted molar refractivity (Wildman–Crippen MR) is 101 cm³/mol. The monoisotopic (exact) mass is 387 g/mol. The number of hydrogen-bond acceptors (Lipinski definition) is 4. The Labute approximate surface area is 163 Å². The molecular formula is C21H26FN3O3. The minimum absolute atomic E-state index is 0.168. The van der Waals surface area contributed by atoms with Crippen LogP contribution in [0.2, 0.25) is 0 Å². The number of rotatable bonds is 8. The van der Waals surface area contributed by atoms with Gasteiger partial charge in [0.25, 0.3) is 5.91 Å². The molecule has 2 N–H and O–H groups in total. The molecule has 2 aliphatic carbocycles. The molecule has 6 nitrogen and oxygen atoms in total. The van der Waals surface area contributed by atoms with Gasteiger partial charge in [0.1, 0.15) is 5.82 Å². The van der Waals surface area contributed by atoms with Crippen molar-refractivity contribution in [1.82, 2.24) is 15.1 Å². The molecular weight excluding hydrogens is 361 g/mol. The van der Waals surface area contributed by atoms with E-state index in [1.807, 2.05) is 16.9 Å². The number of benzene rings is 1. The molecule has 1 aromatic carbocycles. The lowest BCUT2D eigenvalue weighted by Crippen LogP contribution is -2.40. The quantitative estimate of drug-likeness (QED) is 0.730. The number of nitrogens with one attached hydrogen (secondary N) is 1. The van der Waals surface area contributed by atoms with E-state index in [1.165, 1.54) is 25.0 Å². The summed E-state index contributed by atoms with van der Waals surface area (Å²) in [5.74, 6) is 0.188. The van der Waals surface area contributed by atoms with Gasteiger partial charge in [-0.2, -0.15) is 5.10 Å². The van der Waals surface area contributed by atoms with Gasteiger partial charge in [-0.1, -0.05) is 0 Å². The molecule has 1 unspecified atom stereocenters. The van der Waals surface area contributed by atoms with Crippen LogP contribution >= 0.6 is 0 Å². The number of aromatic nitrogens is 2. The van der Waals surface area contributed by atoms with Crippen LogP contribution in [0, 0.1) is 17.7 Å². The number of halogens is 1. The van der Waals surface area contributed by atoms with Crippen molar-refractivity contribution in [2.24, 2.45) is 11.8 Å². The van der Waals surface area contributed by atoms with E-state index < -0.39 is 6.10 Å². The highest BCUT2D eigenvalue weighted by Gasteiger charge is 2.34. The van der Waals surface area contributed by atoms with Crippen LogP contribution < -0.4 is 5.32 Å². The molecule has 7 heteroatoms. The van der Waals surface area contributed by atoms with E-state index in [4.69, 9.17) is 4.74 Å². The van der Waals surface area contributed by atoms with Gasteiger partial charge in [0.15, 0.2) is 0 Å². The van der Waals surface area contributed by atoms with Crippen molar-refractivity contribution in [3.05, 3.63) is 53.6 Å². The minimum atomic E-state index is -0.591. The Morgan fingerprint density at radius 3 is 2.93 bits per heavy atom. The number of aliphatic hydroxyl groups excluding tert-OH is 1. The molecule has 0 aliphatic heterocycles. The van der Waals surface area contributed by atoms with E-state index in [0.29, 0.717) is 36.5 Å². The molecule has 1 amide bonds. The van der Waals surface area contributed by atoms with E-state index in [9.17, 15) is 14.3 Å². The second kappa shape index (κ2) is 8.41. The zero-order valence-electron chi connectivity index (χ0n) is 15.8. The lowest BCUT2D eigenvalue weighted by atomic mass is 10.1. The first-order chi connectivity index (χ1) is 13.6. The summed E-state index contributed by atoms with van der Waals surface area (Å²) in [5, 5.41) is 17.4. The number of aliphatic hydroxyl groups is 1. The molecule has 3 atom stereocenters. The van der Waals surface area contributed by atoms with E-state index in [1.54, 1.807) is 12.3 Å². The Morgan fingerprint density at radius 2 is 2.18 bits per heavy atom. The number of hydrogen-bond donors (Lipinski definition) is 2. The Balaban J connectivity index is 1.33. The molecule has 1 heterocycles. The van der Waals surface area contributed by atoms with Crippen LogP contribution in [0.15, 0.2) is 36.7 Å².